The Balaban J connectivity index is 2.39. The van der Waals surface area contributed by atoms with Crippen LogP contribution in [-0.4, -0.2) is 6.79 Å². The molecule has 0 N–H and O–H groups in total. The van der Waals surface area contributed by atoms with E-state index in [-0.39, 0.29) is 0 Å². The Morgan fingerprint density at radius 2 is 2.43 bits per heavy atom. The molecule has 0 unspecified atom stereocenters. The standard InChI is InChI=1S/C5H5O2/c1-2-4-7-5-6-3-1/h1,3-4H,5H2. The van der Waals surface area contributed by atoms with E-state index < -0.39 is 0 Å². The molecule has 0 aromatic rings. The third-order valence-corrected chi connectivity index (χ3v) is 0.548. The first-order valence-corrected chi connectivity index (χ1v) is 1.96. The van der Waals surface area contributed by atoms with Gasteiger partial charge in [0.1, 0.15) is 0 Å². The Bertz CT molecular complexity index is 82.3. The molecular formula is C5H5O2. The third-order valence-electron chi connectivity index (χ3n) is 0.548. The number of hydrogen-bond acceptors (Lipinski definition) is 2. The molecular weight excluding hydrogens is 92.1 g/mol. The maximum absolute atomic E-state index is 4.70. The van der Waals surface area contributed by atoms with E-state index in [0.29, 0.717) is 6.79 Å². The van der Waals surface area contributed by atoms with Crippen LogP contribution in [0.2, 0.25) is 0 Å². The highest BCUT2D eigenvalue weighted by Crippen LogP contribution is 1.87. The lowest BCUT2D eigenvalue weighted by Crippen LogP contribution is -1.84. The SMILES string of the molecule is [C]1=COCOC=C1. The third kappa shape index (κ3) is 1.30. The molecule has 0 spiro atoms. The molecule has 1 heterocycles. The van der Waals surface area contributed by atoms with E-state index in [0.717, 1.165) is 0 Å². The number of allylic oxidation sites excluding steroid dienone is 2. The van der Waals surface area contributed by atoms with Crippen molar-refractivity contribution in [3.05, 3.63) is 24.7 Å². The maximum atomic E-state index is 4.70. The molecule has 0 bridgehead atoms. The molecule has 0 amide bonds. The van der Waals surface area contributed by atoms with Gasteiger partial charge in [0.15, 0.2) is 0 Å². The molecule has 37 valence electrons. The van der Waals surface area contributed by atoms with Crippen LogP contribution in [0.5, 0.6) is 0 Å². The van der Waals surface area contributed by atoms with Crippen molar-refractivity contribution in [1.29, 1.82) is 0 Å². The van der Waals surface area contributed by atoms with Gasteiger partial charge in [-0.2, -0.15) is 0 Å². The summed E-state index contributed by atoms with van der Waals surface area (Å²) in [5.74, 6) is 0. The van der Waals surface area contributed by atoms with Crippen LogP contribution in [0.1, 0.15) is 0 Å². The van der Waals surface area contributed by atoms with Crippen molar-refractivity contribution in [1.82, 2.24) is 0 Å². The van der Waals surface area contributed by atoms with Crippen molar-refractivity contribution in [2.75, 3.05) is 6.79 Å². The Kier molecular flexibility index (Phi) is 1.39. The topological polar surface area (TPSA) is 18.5 Å². The van der Waals surface area contributed by atoms with Gasteiger partial charge in [0.2, 0.25) is 6.79 Å². The zero-order valence-electron chi connectivity index (χ0n) is 3.76. The largest absolute Gasteiger partial charge is 0.465 e. The van der Waals surface area contributed by atoms with E-state index in [2.05, 4.69) is 10.8 Å². The van der Waals surface area contributed by atoms with Gasteiger partial charge in [0.25, 0.3) is 0 Å². The average molecular weight is 97.1 g/mol. The monoisotopic (exact) mass is 97.0 g/mol. The summed E-state index contributed by atoms with van der Waals surface area (Å²) in [4.78, 5) is 0. The fourth-order valence-corrected chi connectivity index (χ4v) is 0.287. The minimum absolute atomic E-state index is 0.295. The molecule has 1 radical (unpaired) electrons. The van der Waals surface area contributed by atoms with Crippen LogP contribution < -0.4 is 0 Å². The van der Waals surface area contributed by atoms with Gasteiger partial charge in [-0.25, -0.2) is 0 Å². The zero-order chi connectivity index (χ0) is 4.95. The second-order valence-electron chi connectivity index (χ2n) is 1.04. The summed E-state index contributed by atoms with van der Waals surface area (Å²) in [6.07, 6.45) is 7.33. The van der Waals surface area contributed by atoms with E-state index in [1.807, 2.05) is 0 Å². The van der Waals surface area contributed by atoms with E-state index in [9.17, 15) is 0 Å². The number of rotatable bonds is 0. The molecule has 2 nitrogen and oxygen atoms in total. The molecule has 0 fully saturated rings. The van der Waals surface area contributed by atoms with Crippen LogP contribution in [0.15, 0.2) is 18.6 Å². The zero-order valence-corrected chi connectivity index (χ0v) is 3.76. The van der Waals surface area contributed by atoms with Gasteiger partial charge in [-0.1, -0.05) is 0 Å². The van der Waals surface area contributed by atoms with Gasteiger partial charge < -0.3 is 9.47 Å². The fourth-order valence-electron chi connectivity index (χ4n) is 0.287. The van der Waals surface area contributed by atoms with Crippen molar-refractivity contribution in [2.24, 2.45) is 0 Å². The summed E-state index contributed by atoms with van der Waals surface area (Å²) < 4.78 is 9.37. The number of ether oxygens (including phenoxy) is 2. The smallest absolute Gasteiger partial charge is 0.229 e. The quantitative estimate of drug-likeness (QED) is 0.445. The van der Waals surface area contributed by atoms with Gasteiger partial charge in [-0.15, -0.1) is 0 Å². The molecule has 0 aliphatic carbocycles. The van der Waals surface area contributed by atoms with E-state index in [1.165, 1.54) is 12.5 Å². The number of hydrogen-bond donors (Lipinski definition) is 0. The molecule has 7 heavy (non-hydrogen) atoms. The molecule has 1 aliphatic rings. The average Bonchev–Trinajstić information content (AvgIpc) is 1.90. The minimum atomic E-state index is 0.295. The van der Waals surface area contributed by atoms with Crippen LogP contribution in [0.25, 0.3) is 0 Å². The lowest BCUT2D eigenvalue weighted by atomic mass is 10.6. The summed E-state index contributed by atoms with van der Waals surface area (Å²) in [5, 5.41) is 0. The van der Waals surface area contributed by atoms with Gasteiger partial charge in [-0.3, -0.25) is 0 Å². The van der Waals surface area contributed by atoms with Crippen LogP contribution in [-0.2, 0) is 9.47 Å². The summed E-state index contributed by atoms with van der Waals surface area (Å²) in [7, 11) is 0. The molecule has 0 saturated carbocycles. The lowest BCUT2D eigenvalue weighted by molar-refractivity contribution is 0.0481. The van der Waals surface area contributed by atoms with Crippen LogP contribution in [0.4, 0.5) is 0 Å². The van der Waals surface area contributed by atoms with E-state index >= 15 is 0 Å². The van der Waals surface area contributed by atoms with Crippen LogP contribution in [0.3, 0.4) is 0 Å². The van der Waals surface area contributed by atoms with Crippen LogP contribution in [0, 0.1) is 6.08 Å². The lowest BCUT2D eigenvalue weighted by Gasteiger charge is -1.93. The summed E-state index contributed by atoms with van der Waals surface area (Å²) in [5.41, 5.74) is 0. The van der Waals surface area contributed by atoms with Crippen molar-refractivity contribution in [3.8, 4) is 0 Å². The highest BCUT2D eigenvalue weighted by Gasteiger charge is 1.78. The predicted octanol–water partition coefficient (Wildman–Crippen LogP) is 0.821. The highest BCUT2D eigenvalue weighted by molar-refractivity contribution is 4.88. The highest BCUT2D eigenvalue weighted by atomic mass is 16.7. The first-order valence-electron chi connectivity index (χ1n) is 1.96. The summed E-state index contributed by atoms with van der Waals surface area (Å²) >= 11 is 0. The fraction of sp³-hybridized carbons (Fsp3) is 0.200. The first kappa shape index (κ1) is 4.24. The van der Waals surface area contributed by atoms with Gasteiger partial charge >= 0.3 is 0 Å². The second kappa shape index (κ2) is 2.29. The van der Waals surface area contributed by atoms with Gasteiger partial charge in [0.05, 0.1) is 12.5 Å². The molecule has 1 aliphatic heterocycles. The van der Waals surface area contributed by atoms with E-state index in [4.69, 9.17) is 4.74 Å². The van der Waals surface area contributed by atoms with Crippen LogP contribution >= 0.6 is 0 Å². The maximum Gasteiger partial charge on any atom is 0.229 e. The van der Waals surface area contributed by atoms with Gasteiger partial charge in [-0.05, 0) is 6.08 Å². The minimum Gasteiger partial charge on any atom is -0.465 e. The van der Waals surface area contributed by atoms with Crippen molar-refractivity contribution < 1.29 is 9.47 Å². The molecule has 0 aromatic heterocycles. The normalized spacial score (nSPS) is 17.1. The molecule has 1 rings (SSSR count). The second-order valence-corrected chi connectivity index (χ2v) is 1.04. The Morgan fingerprint density at radius 3 is 3.43 bits per heavy atom. The summed E-state index contributed by atoms with van der Waals surface area (Å²) in [6.45, 7) is 0.295. The van der Waals surface area contributed by atoms with E-state index in [1.54, 1.807) is 6.08 Å². The Morgan fingerprint density at radius 1 is 1.43 bits per heavy atom. The van der Waals surface area contributed by atoms with Crippen molar-refractivity contribution >= 4 is 0 Å². The molecule has 0 aromatic carbocycles. The molecule has 0 saturated heterocycles. The Labute approximate surface area is 42.0 Å². The Hall–Kier alpha value is -0.920. The first-order chi connectivity index (χ1) is 3.50. The molecule has 0 atom stereocenters. The molecule has 2 heteroatoms. The van der Waals surface area contributed by atoms with Gasteiger partial charge in [0, 0.05) is 6.08 Å². The predicted molar refractivity (Wildman–Crippen MR) is 24.0 cm³/mol. The van der Waals surface area contributed by atoms with Crippen molar-refractivity contribution in [2.45, 2.75) is 0 Å². The van der Waals surface area contributed by atoms with Crippen molar-refractivity contribution in [3.63, 3.8) is 0 Å². The summed E-state index contributed by atoms with van der Waals surface area (Å²) in [6, 6.07) is 0.